The molecule has 0 aliphatic carbocycles. The van der Waals surface area contributed by atoms with Crippen LogP contribution in [0.4, 0.5) is 0 Å². The molecule has 0 unspecified atom stereocenters. The van der Waals surface area contributed by atoms with Crippen molar-refractivity contribution in [2.45, 2.75) is 19.3 Å². The lowest BCUT2D eigenvalue weighted by molar-refractivity contribution is 0.207. The van der Waals surface area contributed by atoms with Crippen molar-refractivity contribution in [3.05, 3.63) is 0 Å². The summed E-state index contributed by atoms with van der Waals surface area (Å²) < 4.78 is 0. The van der Waals surface area contributed by atoms with Crippen molar-refractivity contribution in [2.24, 2.45) is 5.92 Å². The van der Waals surface area contributed by atoms with Crippen LogP contribution in [-0.2, 0) is 0 Å². The molecule has 1 atom stereocenters. The second-order valence-corrected chi connectivity index (χ2v) is 4.03. The molecule has 1 rings (SSSR count). The van der Waals surface area contributed by atoms with E-state index in [1.807, 2.05) is 0 Å². The maximum Gasteiger partial charge on any atom is 0.0558 e. The van der Waals surface area contributed by atoms with Gasteiger partial charge in [-0.3, -0.25) is 0 Å². The molecule has 1 aliphatic heterocycles. The predicted octanol–water partition coefficient (Wildman–Crippen LogP) is 0.300. The van der Waals surface area contributed by atoms with E-state index < -0.39 is 0 Å². The molecule has 0 aromatic rings. The normalized spacial score (nSPS) is 23.8. The number of hydrogen-bond donors (Lipinski definition) is 2. The maximum atomic E-state index is 8.72. The zero-order chi connectivity index (χ0) is 9.52. The third kappa shape index (κ3) is 4.60. The Morgan fingerprint density at radius 2 is 2.31 bits per heavy atom. The Kier molecular flexibility index (Phi) is 5.35. The monoisotopic (exact) mass is 186 g/mol. The molecule has 0 saturated carbocycles. The average Bonchev–Trinajstić information content (AvgIpc) is 2.17. The first-order chi connectivity index (χ1) is 6.33. The summed E-state index contributed by atoms with van der Waals surface area (Å²) in [4.78, 5) is 2.20. The Morgan fingerprint density at radius 3 is 2.92 bits per heavy atom. The Balaban J connectivity index is 2.03. The molecular weight excluding hydrogens is 164 g/mol. The molecule has 0 amide bonds. The second kappa shape index (κ2) is 6.35. The molecule has 0 radical (unpaired) electrons. The molecule has 3 heteroatoms. The minimum atomic E-state index is 0.277. The van der Waals surface area contributed by atoms with Crippen LogP contribution in [0.5, 0.6) is 0 Å². The average molecular weight is 186 g/mol. The largest absolute Gasteiger partial charge is 0.395 e. The summed E-state index contributed by atoms with van der Waals surface area (Å²) >= 11 is 0. The van der Waals surface area contributed by atoms with Crippen molar-refractivity contribution in [3.63, 3.8) is 0 Å². The molecule has 1 heterocycles. The highest BCUT2D eigenvalue weighted by atomic mass is 16.3. The molecule has 3 nitrogen and oxygen atoms in total. The van der Waals surface area contributed by atoms with Crippen molar-refractivity contribution in [2.75, 3.05) is 39.8 Å². The van der Waals surface area contributed by atoms with E-state index in [2.05, 4.69) is 17.3 Å². The fourth-order valence-corrected chi connectivity index (χ4v) is 1.86. The van der Waals surface area contributed by atoms with Crippen LogP contribution in [0, 0.1) is 5.92 Å². The standard InChI is InChI=1S/C10H22N2O/c1-12(7-8-13)6-4-10-3-2-5-11-9-10/h10-11,13H,2-9H2,1H3/t10-/m0/s1. The fraction of sp³-hybridized carbons (Fsp3) is 1.00. The first-order valence-corrected chi connectivity index (χ1v) is 5.33. The minimum absolute atomic E-state index is 0.277. The summed E-state index contributed by atoms with van der Waals surface area (Å²) in [7, 11) is 2.08. The number of rotatable bonds is 5. The van der Waals surface area contributed by atoms with Gasteiger partial charge in [0.25, 0.3) is 0 Å². The van der Waals surface area contributed by atoms with Crippen molar-refractivity contribution >= 4 is 0 Å². The van der Waals surface area contributed by atoms with Gasteiger partial charge in [0.05, 0.1) is 6.61 Å². The minimum Gasteiger partial charge on any atom is -0.395 e. The maximum absolute atomic E-state index is 8.72. The zero-order valence-corrected chi connectivity index (χ0v) is 8.63. The Bertz CT molecular complexity index is 124. The van der Waals surface area contributed by atoms with Crippen LogP contribution in [0.2, 0.25) is 0 Å². The van der Waals surface area contributed by atoms with Gasteiger partial charge in [-0.2, -0.15) is 0 Å². The van der Waals surface area contributed by atoms with E-state index in [-0.39, 0.29) is 6.61 Å². The number of likely N-dealkylation sites (N-methyl/N-ethyl adjacent to an activating group) is 1. The summed E-state index contributed by atoms with van der Waals surface area (Å²) in [6.45, 7) is 4.59. The molecule has 0 aromatic carbocycles. The predicted molar refractivity (Wildman–Crippen MR) is 54.8 cm³/mol. The molecule has 13 heavy (non-hydrogen) atoms. The van der Waals surface area contributed by atoms with Gasteiger partial charge in [0, 0.05) is 6.54 Å². The van der Waals surface area contributed by atoms with Gasteiger partial charge < -0.3 is 15.3 Å². The van der Waals surface area contributed by atoms with Gasteiger partial charge in [0.15, 0.2) is 0 Å². The number of piperidine rings is 1. The summed E-state index contributed by atoms with van der Waals surface area (Å²) in [6, 6.07) is 0. The summed E-state index contributed by atoms with van der Waals surface area (Å²) in [5.74, 6) is 0.856. The van der Waals surface area contributed by atoms with Crippen LogP contribution in [-0.4, -0.2) is 49.8 Å². The van der Waals surface area contributed by atoms with Crippen LogP contribution in [0.25, 0.3) is 0 Å². The molecule has 0 aromatic heterocycles. The van der Waals surface area contributed by atoms with Crippen LogP contribution >= 0.6 is 0 Å². The summed E-state index contributed by atoms with van der Waals surface area (Å²) in [5.41, 5.74) is 0. The van der Waals surface area contributed by atoms with Gasteiger partial charge in [-0.25, -0.2) is 0 Å². The van der Waals surface area contributed by atoms with Gasteiger partial charge >= 0.3 is 0 Å². The highest BCUT2D eigenvalue weighted by Crippen LogP contribution is 2.13. The van der Waals surface area contributed by atoms with E-state index in [0.717, 1.165) is 19.0 Å². The summed E-state index contributed by atoms with van der Waals surface area (Å²) in [5, 5.41) is 12.1. The molecule has 0 spiro atoms. The van der Waals surface area contributed by atoms with Crippen LogP contribution in [0.1, 0.15) is 19.3 Å². The number of hydrogen-bond acceptors (Lipinski definition) is 3. The molecule has 78 valence electrons. The van der Waals surface area contributed by atoms with Gasteiger partial charge in [0.1, 0.15) is 0 Å². The second-order valence-electron chi connectivity index (χ2n) is 4.03. The first kappa shape index (κ1) is 11.0. The third-order valence-electron chi connectivity index (χ3n) is 2.80. The van der Waals surface area contributed by atoms with E-state index in [9.17, 15) is 0 Å². The van der Waals surface area contributed by atoms with Crippen LogP contribution in [0.15, 0.2) is 0 Å². The molecule has 1 fully saturated rings. The van der Waals surface area contributed by atoms with Crippen molar-refractivity contribution < 1.29 is 5.11 Å². The van der Waals surface area contributed by atoms with Crippen molar-refractivity contribution in [1.29, 1.82) is 0 Å². The van der Waals surface area contributed by atoms with Crippen molar-refractivity contribution in [1.82, 2.24) is 10.2 Å². The quantitative estimate of drug-likeness (QED) is 0.648. The molecule has 2 N–H and O–H groups in total. The number of aliphatic hydroxyl groups excluding tert-OH is 1. The van der Waals surface area contributed by atoms with Gasteiger partial charge in [0.2, 0.25) is 0 Å². The lowest BCUT2D eigenvalue weighted by Gasteiger charge is -2.24. The highest BCUT2D eigenvalue weighted by molar-refractivity contribution is 4.69. The smallest absolute Gasteiger partial charge is 0.0558 e. The first-order valence-electron chi connectivity index (χ1n) is 5.33. The van der Waals surface area contributed by atoms with Crippen molar-refractivity contribution in [3.8, 4) is 0 Å². The van der Waals surface area contributed by atoms with Crippen LogP contribution < -0.4 is 5.32 Å². The van der Waals surface area contributed by atoms with Gasteiger partial charge in [-0.05, 0) is 51.9 Å². The topological polar surface area (TPSA) is 35.5 Å². The van der Waals surface area contributed by atoms with E-state index in [4.69, 9.17) is 5.11 Å². The molecule has 1 saturated heterocycles. The highest BCUT2D eigenvalue weighted by Gasteiger charge is 2.12. The lowest BCUT2D eigenvalue weighted by atomic mass is 9.96. The van der Waals surface area contributed by atoms with Gasteiger partial charge in [-0.15, -0.1) is 0 Å². The number of nitrogens with zero attached hydrogens (tertiary/aromatic N) is 1. The molecule has 0 bridgehead atoms. The Hall–Kier alpha value is -0.120. The summed E-state index contributed by atoms with van der Waals surface area (Å²) in [6.07, 6.45) is 3.97. The number of nitrogens with one attached hydrogen (secondary N) is 1. The number of aliphatic hydroxyl groups is 1. The Labute approximate surface area is 81.1 Å². The van der Waals surface area contributed by atoms with E-state index in [1.54, 1.807) is 0 Å². The van der Waals surface area contributed by atoms with Gasteiger partial charge in [-0.1, -0.05) is 0 Å². The SMILES string of the molecule is CN(CCO)CC[C@@H]1CCCNC1. The Morgan fingerprint density at radius 1 is 1.46 bits per heavy atom. The lowest BCUT2D eigenvalue weighted by Crippen LogP contribution is -2.32. The molecule has 1 aliphatic rings. The van der Waals surface area contributed by atoms with E-state index in [0.29, 0.717) is 0 Å². The molecular formula is C10H22N2O. The zero-order valence-electron chi connectivity index (χ0n) is 8.63. The third-order valence-corrected chi connectivity index (χ3v) is 2.80. The van der Waals surface area contributed by atoms with Crippen LogP contribution in [0.3, 0.4) is 0 Å². The van der Waals surface area contributed by atoms with E-state index in [1.165, 1.54) is 32.4 Å². The fourth-order valence-electron chi connectivity index (χ4n) is 1.86. The van der Waals surface area contributed by atoms with E-state index >= 15 is 0 Å².